The minimum Gasteiger partial charge on any atom is -0.493 e. The Balaban J connectivity index is 1.31. The lowest BCUT2D eigenvalue weighted by Crippen LogP contribution is -2.28. The first kappa shape index (κ1) is 24.0. The average molecular weight is 474 g/mol. The number of carbonyl (C=O) groups excluding carboxylic acids is 1. The molecule has 4 rings (SSSR count). The van der Waals surface area contributed by atoms with Gasteiger partial charge < -0.3 is 14.4 Å². The van der Waals surface area contributed by atoms with E-state index in [-0.39, 0.29) is 11.7 Å². The van der Waals surface area contributed by atoms with Gasteiger partial charge in [0.2, 0.25) is 0 Å². The van der Waals surface area contributed by atoms with Crippen LogP contribution in [0.2, 0.25) is 0 Å². The first-order valence-corrected chi connectivity index (χ1v) is 11.4. The molecule has 6 nitrogen and oxygen atoms in total. The fourth-order valence-electron chi connectivity index (χ4n) is 3.77. The van der Waals surface area contributed by atoms with Crippen molar-refractivity contribution in [3.63, 3.8) is 0 Å². The quantitative estimate of drug-likeness (QED) is 0.330. The summed E-state index contributed by atoms with van der Waals surface area (Å²) < 4.78 is 24.8. The van der Waals surface area contributed by atoms with Crippen LogP contribution in [0, 0.1) is 5.82 Å². The van der Waals surface area contributed by atoms with Gasteiger partial charge >= 0.3 is 0 Å². The van der Waals surface area contributed by atoms with Crippen molar-refractivity contribution in [3.05, 3.63) is 102 Å². The van der Waals surface area contributed by atoms with Gasteiger partial charge in [-0.2, -0.15) is 5.10 Å². The number of hydrogen-bond acceptors (Lipinski definition) is 4. The number of aromatic amines is 1. The van der Waals surface area contributed by atoms with E-state index in [0.29, 0.717) is 35.9 Å². The topological polar surface area (TPSA) is 67.5 Å². The third-order valence-electron chi connectivity index (χ3n) is 5.69. The van der Waals surface area contributed by atoms with Gasteiger partial charge in [-0.05, 0) is 54.8 Å². The number of halogens is 1. The molecular formula is C28H28FN3O3. The monoisotopic (exact) mass is 473 g/mol. The second-order valence-electron chi connectivity index (χ2n) is 8.26. The van der Waals surface area contributed by atoms with Crippen LogP contribution in [-0.2, 0) is 13.0 Å². The molecule has 0 bridgehead atoms. The molecule has 0 saturated heterocycles. The Morgan fingerprint density at radius 3 is 2.60 bits per heavy atom. The molecule has 7 heteroatoms. The van der Waals surface area contributed by atoms with E-state index in [1.54, 1.807) is 43.3 Å². The Hall–Kier alpha value is -4.13. The fraction of sp³-hybridized carbons (Fsp3) is 0.214. The highest BCUT2D eigenvalue weighted by Gasteiger charge is 2.15. The van der Waals surface area contributed by atoms with Crippen molar-refractivity contribution < 1.29 is 18.7 Å². The standard InChI is InChI=1S/C28H28FN3O3/c1-32(15-7-12-24-18-25(31-30-24)21-10-6-11-23(29)16-21)28(33)22-13-14-26(27(17-22)34-2)35-19-20-8-4-3-5-9-20/h3-6,8-11,13-14,16-18H,7,12,15,19H2,1-2H3,(H,30,31). The minimum absolute atomic E-state index is 0.0945. The number of methoxy groups -OCH3 is 1. The fourth-order valence-corrected chi connectivity index (χ4v) is 3.77. The molecule has 1 amide bonds. The highest BCUT2D eigenvalue weighted by Crippen LogP contribution is 2.29. The molecule has 0 radical (unpaired) electrons. The molecule has 35 heavy (non-hydrogen) atoms. The second-order valence-corrected chi connectivity index (χ2v) is 8.26. The van der Waals surface area contributed by atoms with Gasteiger partial charge in [0, 0.05) is 30.4 Å². The molecule has 0 aliphatic carbocycles. The highest BCUT2D eigenvalue weighted by molar-refractivity contribution is 5.94. The second kappa shape index (κ2) is 11.3. The van der Waals surface area contributed by atoms with Gasteiger partial charge in [0.05, 0.1) is 12.8 Å². The molecule has 0 aliphatic rings. The van der Waals surface area contributed by atoms with Crippen LogP contribution in [0.15, 0.2) is 78.9 Å². The van der Waals surface area contributed by atoms with E-state index in [2.05, 4.69) is 10.2 Å². The average Bonchev–Trinajstić information content (AvgIpc) is 3.36. The number of aryl methyl sites for hydroxylation is 1. The number of nitrogens with one attached hydrogen (secondary N) is 1. The maximum absolute atomic E-state index is 13.5. The van der Waals surface area contributed by atoms with Crippen LogP contribution in [0.3, 0.4) is 0 Å². The summed E-state index contributed by atoms with van der Waals surface area (Å²) in [7, 11) is 3.34. The summed E-state index contributed by atoms with van der Waals surface area (Å²) in [5.74, 6) is 0.717. The molecular weight excluding hydrogens is 445 g/mol. The SMILES string of the molecule is COc1cc(C(=O)N(C)CCCc2cc(-c3cccc(F)c3)n[nH]2)ccc1OCc1ccccc1. The number of ether oxygens (including phenoxy) is 2. The molecule has 180 valence electrons. The van der Waals surface area contributed by atoms with Crippen molar-refractivity contribution in [1.82, 2.24) is 15.1 Å². The zero-order chi connectivity index (χ0) is 24.6. The zero-order valence-corrected chi connectivity index (χ0v) is 19.8. The number of benzene rings is 3. The van der Waals surface area contributed by atoms with E-state index in [9.17, 15) is 9.18 Å². The lowest BCUT2D eigenvalue weighted by molar-refractivity contribution is 0.0793. The van der Waals surface area contributed by atoms with Crippen LogP contribution in [0.4, 0.5) is 4.39 Å². The maximum Gasteiger partial charge on any atom is 0.253 e. The van der Waals surface area contributed by atoms with Crippen LogP contribution in [-0.4, -0.2) is 41.7 Å². The van der Waals surface area contributed by atoms with Crippen LogP contribution in [0.5, 0.6) is 11.5 Å². The van der Waals surface area contributed by atoms with E-state index >= 15 is 0 Å². The van der Waals surface area contributed by atoms with Gasteiger partial charge in [-0.1, -0.05) is 42.5 Å². The summed E-state index contributed by atoms with van der Waals surface area (Å²) in [6.45, 7) is 0.987. The first-order valence-electron chi connectivity index (χ1n) is 11.4. The number of H-pyrrole nitrogens is 1. The molecule has 1 heterocycles. The molecule has 0 unspecified atom stereocenters. The normalized spacial score (nSPS) is 10.7. The number of aromatic nitrogens is 2. The van der Waals surface area contributed by atoms with Gasteiger partial charge in [-0.3, -0.25) is 9.89 Å². The number of nitrogens with zero attached hydrogens (tertiary/aromatic N) is 2. The molecule has 0 fully saturated rings. The van der Waals surface area contributed by atoms with Crippen molar-refractivity contribution in [3.8, 4) is 22.8 Å². The number of hydrogen-bond donors (Lipinski definition) is 1. The largest absolute Gasteiger partial charge is 0.493 e. The zero-order valence-electron chi connectivity index (χ0n) is 19.8. The van der Waals surface area contributed by atoms with Gasteiger partial charge in [0.25, 0.3) is 5.91 Å². The molecule has 3 aromatic carbocycles. The Bertz CT molecular complexity index is 1270. The molecule has 0 atom stereocenters. The third kappa shape index (κ3) is 6.26. The Labute approximate surface area is 204 Å². The summed E-state index contributed by atoms with van der Waals surface area (Å²) in [5.41, 5.74) is 3.95. The van der Waals surface area contributed by atoms with E-state index in [1.165, 1.54) is 12.1 Å². The van der Waals surface area contributed by atoms with Gasteiger partial charge in [-0.25, -0.2) is 4.39 Å². The highest BCUT2D eigenvalue weighted by atomic mass is 19.1. The van der Waals surface area contributed by atoms with E-state index in [4.69, 9.17) is 9.47 Å². The Morgan fingerprint density at radius 2 is 1.83 bits per heavy atom. The molecule has 0 spiro atoms. The number of carbonyl (C=O) groups is 1. The summed E-state index contributed by atoms with van der Waals surface area (Å²) in [4.78, 5) is 14.6. The molecule has 0 aliphatic heterocycles. The maximum atomic E-state index is 13.5. The van der Waals surface area contributed by atoms with E-state index < -0.39 is 0 Å². The Morgan fingerprint density at radius 1 is 1.00 bits per heavy atom. The lowest BCUT2D eigenvalue weighted by Gasteiger charge is -2.18. The van der Waals surface area contributed by atoms with Crippen molar-refractivity contribution in [1.29, 1.82) is 0 Å². The minimum atomic E-state index is -0.292. The van der Waals surface area contributed by atoms with Crippen molar-refractivity contribution in [2.45, 2.75) is 19.4 Å². The van der Waals surface area contributed by atoms with Crippen LogP contribution in [0.1, 0.15) is 28.0 Å². The summed E-state index contributed by atoms with van der Waals surface area (Å²) in [5, 5.41) is 7.27. The summed E-state index contributed by atoms with van der Waals surface area (Å²) in [6.07, 6.45) is 1.47. The molecule has 1 N–H and O–H groups in total. The van der Waals surface area contributed by atoms with E-state index in [1.807, 2.05) is 42.5 Å². The van der Waals surface area contributed by atoms with Crippen LogP contribution in [0.25, 0.3) is 11.3 Å². The molecule has 1 aromatic heterocycles. The van der Waals surface area contributed by atoms with Crippen molar-refractivity contribution in [2.24, 2.45) is 0 Å². The van der Waals surface area contributed by atoms with Gasteiger partial charge in [0.1, 0.15) is 12.4 Å². The van der Waals surface area contributed by atoms with Gasteiger partial charge in [-0.15, -0.1) is 0 Å². The summed E-state index contributed by atoms with van der Waals surface area (Å²) in [6, 6.07) is 23.3. The van der Waals surface area contributed by atoms with Gasteiger partial charge in [0.15, 0.2) is 11.5 Å². The van der Waals surface area contributed by atoms with E-state index in [0.717, 1.165) is 29.7 Å². The predicted octanol–water partition coefficient (Wildman–Crippen LogP) is 5.51. The van der Waals surface area contributed by atoms with Crippen molar-refractivity contribution >= 4 is 5.91 Å². The van der Waals surface area contributed by atoms with Crippen LogP contribution >= 0.6 is 0 Å². The molecule has 0 saturated carbocycles. The third-order valence-corrected chi connectivity index (χ3v) is 5.69. The van der Waals surface area contributed by atoms with Crippen LogP contribution < -0.4 is 9.47 Å². The summed E-state index contributed by atoms with van der Waals surface area (Å²) >= 11 is 0. The smallest absolute Gasteiger partial charge is 0.253 e. The predicted molar refractivity (Wildman–Crippen MR) is 133 cm³/mol. The number of amides is 1. The van der Waals surface area contributed by atoms with Crippen molar-refractivity contribution in [2.75, 3.05) is 20.7 Å². The lowest BCUT2D eigenvalue weighted by atomic mass is 10.1. The first-order chi connectivity index (χ1) is 17.0. The molecule has 4 aromatic rings. The number of rotatable bonds is 10. The Kier molecular flexibility index (Phi) is 7.77.